The highest BCUT2D eigenvalue weighted by molar-refractivity contribution is 5.38. The van der Waals surface area contributed by atoms with Gasteiger partial charge in [0.2, 0.25) is 0 Å². The van der Waals surface area contributed by atoms with E-state index in [4.69, 9.17) is 0 Å². The first kappa shape index (κ1) is 15.8. The van der Waals surface area contributed by atoms with Gasteiger partial charge in [0.05, 0.1) is 5.69 Å². The molecule has 0 aromatic carbocycles. The van der Waals surface area contributed by atoms with Gasteiger partial charge in [-0.3, -0.25) is 4.57 Å². The molecule has 0 fully saturated rings. The Morgan fingerprint density at radius 3 is 3.00 bits per heavy atom. The predicted molar refractivity (Wildman–Crippen MR) is 96.7 cm³/mol. The molecule has 3 aromatic heterocycles. The van der Waals surface area contributed by atoms with Crippen LogP contribution in [0.3, 0.4) is 0 Å². The molecule has 1 aliphatic heterocycles. The summed E-state index contributed by atoms with van der Waals surface area (Å²) in [6.07, 6.45) is 5.59. The maximum absolute atomic E-state index is 4.53. The van der Waals surface area contributed by atoms with E-state index in [0.29, 0.717) is 5.92 Å². The molecule has 4 rings (SSSR count). The Kier molecular flexibility index (Phi) is 4.23. The Balaban J connectivity index is 1.34. The summed E-state index contributed by atoms with van der Waals surface area (Å²) in [5, 5.41) is 11.5. The molecule has 25 heavy (non-hydrogen) atoms. The van der Waals surface area contributed by atoms with Crippen LogP contribution in [-0.4, -0.2) is 37.4 Å². The summed E-state index contributed by atoms with van der Waals surface area (Å²) in [5.41, 5.74) is 2.28. The zero-order valence-corrected chi connectivity index (χ0v) is 14.6. The third-order valence-electron chi connectivity index (χ3n) is 4.55. The highest BCUT2D eigenvalue weighted by Gasteiger charge is 2.18. The van der Waals surface area contributed by atoms with E-state index in [-0.39, 0.29) is 0 Å². The molecule has 0 spiro atoms. The van der Waals surface area contributed by atoms with Gasteiger partial charge in [0, 0.05) is 56.8 Å². The summed E-state index contributed by atoms with van der Waals surface area (Å²) in [6, 6.07) is 6.26. The minimum absolute atomic E-state index is 0.531. The van der Waals surface area contributed by atoms with E-state index in [9.17, 15) is 0 Å². The molecule has 0 amide bonds. The second kappa shape index (κ2) is 6.68. The summed E-state index contributed by atoms with van der Waals surface area (Å²) in [4.78, 5) is 8.70. The minimum Gasteiger partial charge on any atom is -0.370 e. The van der Waals surface area contributed by atoms with Gasteiger partial charge in [0.15, 0.2) is 0 Å². The molecule has 2 N–H and O–H groups in total. The number of hydrogen-bond acceptors (Lipinski definition) is 5. The third kappa shape index (κ3) is 3.41. The molecule has 7 nitrogen and oxygen atoms in total. The topological polar surface area (TPSA) is 72.6 Å². The van der Waals surface area contributed by atoms with Crippen LogP contribution in [0.15, 0.2) is 36.8 Å². The second-order valence-electron chi connectivity index (χ2n) is 6.60. The number of aromatic nitrogens is 5. The van der Waals surface area contributed by atoms with Gasteiger partial charge in [-0.2, -0.15) is 5.10 Å². The van der Waals surface area contributed by atoms with Crippen molar-refractivity contribution in [2.24, 2.45) is 5.92 Å². The number of nitrogens with one attached hydrogen (secondary N) is 2. The average molecular weight is 337 g/mol. The molecule has 130 valence electrons. The predicted octanol–water partition coefficient (Wildman–Crippen LogP) is 1.91. The molecule has 0 saturated heterocycles. The highest BCUT2D eigenvalue weighted by atomic mass is 15.3. The van der Waals surface area contributed by atoms with Crippen molar-refractivity contribution in [1.29, 1.82) is 0 Å². The summed E-state index contributed by atoms with van der Waals surface area (Å²) in [5.74, 6) is 3.51. The van der Waals surface area contributed by atoms with E-state index in [0.717, 1.165) is 49.3 Å². The van der Waals surface area contributed by atoms with E-state index >= 15 is 0 Å². The Bertz CT molecular complexity index is 864. The Hall–Kier alpha value is -2.67. The molecule has 3 aromatic rings. The quantitative estimate of drug-likeness (QED) is 0.744. The van der Waals surface area contributed by atoms with Crippen LogP contribution in [0.4, 0.5) is 5.82 Å². The number of rotatable bonds is 5. The van der Waals surface area contributed by atoms with Crippen LogP contribution in [-0.2, 0) is 13.1 Å². The van der Waals surface area contributed by atoms with E-state index in [1.54, 1.807) is 6.20 Å². The lowest BCUT2D eigenvalue weighted by Gasteiger charge is -2.25. The van der Waals surface area contributed by atoms with Gasteiger partial charge in [-0.1, -0.05) is 0 Å². The monoisotopic (exact) mass is 337 g/mol. The molecular formula is C18H23N7. The molecular weight excluding hydrogens is 314 g/mol. The molecule has 0 radical (unpaired) electrons. The van der Waals surface area contributed by atoms with E-state index in [1.807, 2.05) is 30.8 Å². The number of nitrogens with zero attached hydrogens (tertiary/aromatic N) is 5. The number of hydrogen-bond donors (Lipinski definition) is 2. The van der Waals surface area contributed by atoms with Crippen molar-refractivity contribution in [3.63, 3.8) is 0 Å². The maximum atomic E-state index is 4.53. The maximum Gasteiger partial charge on any atom is 0.138 e. The van der Waals surface area contributed by atoms with Gasteiger partial charge in [0.1, 0.15) is 17.5 Å². The number of aryl methyl sites for hydroxylation is 2. The smallest absolute Gasteiger partial charge is 0.138 e. The number of fused-ring (bicyclic) bond motifs is 1. The van der Waals surface area contributed by atoms with Crippen LogP contribution in [0, 0.1) is 19.8 Å². The van der Waals surface area contributed by atoms with E-state index in [1.165, 1.54) is 5.56 Å². The van der Waals surface area contributed by atoms with Crippen LogP contribution in [0.2, 0.25) is 0 Å². The lowest BCUT2D eigenvalue weighted by atomic mass is 10.1. The molecule has 0 aliphatic carbocycles. The number of pyridine rings is 1. The Labute approximate surface area is 147 Å². The first-order chi connectivity index (χ1) is 12.2. The minimum atomic E-state index is 0.531. The molecule has 0 unspecified atom stereocenters. The van der Waals surface area contributed by atoms with E-state index in [2.05, 4.69) is 48.6 Å². The summed E-state index contributed by atoms with van der Waals surface area (Å²) in [7, 11) is 0. The molecule has 0 saturated carbocycles. The average Bonchev–Trinajstić information content (AvgIpc) is 3.19. The van der Waals surface area contributed by atoms with Crippen LogP contribution in [0.1, 0.15) is 17.1 Å². The van der Waals surface area contributed by atoms with Crippen LogP contribution < -0.4 is 10.6 Å². The molecule has 1 atom stereocenters. The summed E-state index contributed by atoms with van der Waals surface area (Å²) < 4.78 is 4.06. The van der Waals surface area contributed by atoms with Crippen LogP contribution in [0.5, 0.6) is 0 Å². The van der Waals surface area contributed by atoms with Crippen molar-refractivity contribution >= 4 is 5.82 Å². The normalized spacial score (nSPS) is 16.5. The van der Waals surface area contributed by atoms with Gasteiger partial charge >= 0.3 is 0 Å². The van der Waals surface area contributed by atoms with Crippen molar-refractivity contribution in [3.05, 3.63) is 53.9 Å². The Morgan fingerprint density at radius 2 is 2.16 bits per heavy atom. The fraction of sp³-hybridized carbons (Fsp3) is 0.389. The zero-order chi connectivity index (χ0) is 17.2. The molecule has 1 aliphatic rings. The van der Waals surface area contributed by atoms with Gasteiger partial charge in [-0.05, 0) is 31.5 Å². The highest BCUT2D eigenvalue weighted by Crippen LogP contribution is 2.18. The number of imidazole rings is 1. The largest absolute Gasteiger partial charge is 0.370 e. The second-order valence-corrected chi connectivity index (χ2v) is 6.60. The zero-order valence-electron chi connectivity index (χ0n) is 14.6. The van der Waals surface area contributed by atoms with Crippen molar-refractivity contribution in [2.45, 2.75) is 26.9 Å². The standard InChI is InChI=1S/C18H23N7/c1-13-7-18-22-11-16(12-25(18)23-13)10-19-9-15-3-4-21-17(8-15)24-6-5-20-14(24)2/h3-8,16,19,22H,9-12H2,1-2H3/t16-/m1/s1. The molecule has 4 heterocycles. The molecule has 7 heteroatoms. The number of anilines is 1. The van der Waals surface area contributed by atoms with Gasteiger partial charge in [-0.15, -0.1) is 0 Å². The van der Waals surface area contributed by atoms with Crippen molar-refractivity contribution < 1.29 is 0 Å². The summed E-state index contributed by atoms with van der Waals surface area (Å²) >= 11 is 0. The van der Waals surface area contributed by atoms with Crippen LogP contribution >= 0.6 is 0 Å². The third-order valence-corrected chi connectivity index (χ3v) is 4.55. The molecule has 0 bridgehead atoms. The van der Waals surface area contributed by atoms with Gasteiger partial charge < -0.3 is 10.6 Å². The lowest BCUT2D eigenvalue weighted by Crippen LogP contribution is -2.35. The SMILES string of the molecule is Cc1cc2n(n1)C[C@H](CNCc1ccnc(-n3ccnc3C)c1)CN2. The fourth-order valence-corrected chi connectivity index (χ4v) is 3.26. The van der Waals surface area contributed by atoms with Gasteiger partial charge in [-0.25, -0.2) is 14.6 Å². The Morgan fingerprint density at radius 1 is 1.24 bits per heavy atom. The first-order valence-corrected chi connectivity index (χ1v) is 8.63. The first-order valence-electron chi connectivity index (χ1n) is 8.63. The van der Waals surface area contributed by atoms with Crippen molar-refractivity contribution in [3.8, 4) is 5.82 Å². The van der Waals surface area contributed by atoms with Crippen LogP contribution in [0.25, 0.3) is 5.82 Å². The van der Waals surface area contributed by atoms with Gasteiger partial charge in [0.25, 0.3) is 0 Å². The van der Waals surface area contributed by atoms with E-state index < -0.39 is 0 Å². The fourth-order valence-electron chi connectivity index (χ4n) is 3.26. The lowest BCUT2D eigenvalue weighted by molar-refractivity contribution is 0.390. The van der Waals surface area contributed by atoms with Crippen molar-refractivity contribution in [1.82, 2.24) is 29.6 Å². The van der Waals surface area contributed by atoms with Crippen molar-refractivity contribution in [2.75, 3.05) is 18.4 Å². The summed E-state index contributed by atoms with van der Waals surface area (Å²) in [6.45, 7) is 7.72.